The molecule has 1 N–H and O–H groups in total. The Kier molecular flexibility index (Phi) is 8.19. The van der Waals surface area contributed by atoms with E-state index in [1.165, 1.54) is 0 Å². The Morgan fingerprint density at radius 3 is 2.44 bits per heavy atom. The SMILES string of the molecule is CC(C)(C)[C@H]1CN(Cc2ccc(-c3ccc(Cl)c(Cl)c3)cn2)CCN1C(=O)CC1CCNCC1. The molecule has 1 aromatic heterocycles. The minimum Gasteiger partial charge on any atom is -0.337 e. The highest BCUT2D eigenvalue weighted by Crippen LogP contribution is 2.31. The van der Waals surface area contributed by atoms with Crippen LogP contribution in [-0.2, 0) is 11.3 Å². The first kappa shape index (κ1) is 25.4. The van der Waals surface area contributed by atoms with Gasteiger partial charge in [-0.3, -0.25) is 14.7 Å². The molecule has 0 saturated carbocycles. The first-order valence-electron chi connectivity index (χ1n) is 12.3. The van der Waals surface area contributed by atoms with Gasteiger partial charge in [0.05, 0.1) is 15.7 Å². The summed E-state index contributed by atoms with van der Waals surface area (Å²) in [6.45, 7) is 12.1. The Morgan fingerprint density at radius 1 is 1.06 bits per heavy atom. The van der Waals surface area contributed by atoms with Crippen LogP contribution >= 0.6 is 23.2 Å². The fourth-order valence-electron chi connectivity index (χ4n) is 5.07. The molecule has 2 saturated heterocycles. The van der Waals surface area contributed by atoms with Crippen LogP contribution in [0.5, 0.6) is 0 Å². The second-order valence-corrected chi connectivity index (χ2v) is 11.6. The van der Waals surface area contributed by atoms with Gasteiger partial charge >= 0.3 is 0 Å². The predicted octanol–water partition coefficient (Wildman–Crippen LogP) is 5.50. The Balaban J connectivity index is 1.39. The molecule has 34 heavy (non-hydrogen) atoms. The number of pyridine rings is 1. The van der Waals surface area contributed by atoms with E-state index >= 15 is 0 Å². The third-order valence-corrected chi connectivity index (χ3v) is 7.91. The maximum atomic E-state index is 13.3. The highest BCUT2D eigenvalue weighted by molar-refractivity contribution is 6.42. The molecule has 4 rings (SSSR count). The van der Waals surface area contributed by atoms with Gasteiger partial charge in [0.1, 0.15) is 0 Å². The summed E-state index contributed by atoms with van der Waals surface area (Å²) in [7, 11) is 0. The van der Waals surface area contributed by atoms with Gasteiger partial charge in [-0.1, -0.05) is 56.1 Å². The summed E-state index contributed by atoms with van der Waals surface area (Å²) in [6, 6.07) is 10.0. The van der Waals surface area contributed by atoms with Crippen molar-refractivity contribution in [3.8, 4) is 11.1 Å². The van der Waals surface area contributed by atoms with Crippen LogP contribution in [0.4, 0.5) is 0 Å². The molecule has 1 aromatic carbocycles. The number of piperazine rings is 1. The third kappa shape index (κ3) is 6.31. The maximum absolute atomic E-state index is 13.3. The number of nitrogens with zero attached hydrogens (tertiary/aromatic N) is 3. The van der Waals surface area contributed by atoms with E-state index < -0.39 is 0 Å². The topological polar surface area (TPSA) is 48.5 Å². The smallest absolute Gasteiger partial charge is 0.223 e. The Bertz CT molecular complexity index is 983. The normalized spacial score (nSPS) is 20.5. The van der Waals surface area contributed by atoms with Crippen molar-refractivity contribution in [3.63, 3.8) is 0 Å². The molecule has 2 aromatic rings. The first-order valence-corrected chi connectivity index (χ1v) is 13.1. The Hall–Kier alpha value is -1.66. The average Bonchev–Trinajstić information content (AvgIpc) is 2.81. The molecule has 0 spiro atoms. The average molecular weight is 504 g/mol. The summed E-state index contributed by atoms with van der Waals surface area (Å²) in [4.78, 5) is 22.6. The molecule has 2 aliphatic heterocycles. The van der Waals surface area contributed by atoms with Crippen molar-refractivity contribution in [1.29, 1.82) is 0 Å². The fourth-order valence-corrected chi connectivity index (χ4v) is 5.36. The van der Waals surface area contributed by atoms with Crippen LogP contribution in [0.2, 0.25) is 10.0 Å². The fraction of sp³-hybridized carbons (Fsp3) is 0.556. The third-order valence-electron chi connectivity index (χ3n) is 7.17. The van der Waals surface area contributed by atoms with Crippen LogP contribution in [0.3, 0.4) is 0 Å². The van der Waals surface area contributed by atoms with E-state index in [1.54, 1.807) is 0 Å². The number of rotatable bonds is 5. The summed E-state index contributed by atoms with van der Waals surface area (Å²) in [5.74, 6) is 0.848. The van der Waals surface area contributed by atoms with Gasteiger partial charge in [0.15, 0.2) is 0 Å². The van der Waals surface area contributed by atoms with Crippen molar-refractivity contribution in [3.05, 3.63) is 52.3 Å². The summed E-state index contributed by atoms with van der Waals surface area (Å²) >= 11 is 12.2. The molecule has 3 heterocycles. The van der Waals surface area contributed by atoms with Gasteiger partial charge in [-0.2, -0.15) is 0 Å². The zero-order valence-corrected chi connectivity index (χ0v) is 22.0. The van der Waals surface area contributed by atoms with Gasteiger partial charge in [-0.25, -0.2) is 0 Å². The highest BCUT2D eigenvalue weighted by atomic mass is 35.5. The number of aromatic nitrogens is 1. The van der Waals surface area contributed by atoms with Crippen molar-refractivity contribution in [2.24, 2.45) is 11.3 Å². The van der Waals surface area contributed by atoms with Gasteiger partial charge < -0.3 is 10.2 Å². The van der Waals surface area contributed by atoms with E-state index in [0.717, 1.165) is 68.9 Å². The number of hydrogen-bond donors (Lipinski definition) is 1. The lowest BCUT2D eigenvalue weighted by atomic mass is 9.83. The van der Waals surface area contributed by atoms with E-state index in [0.29, 0.717) is 28.3 Å². The Morgan fingerprint density at radius 2 is 1.79 bits per heavy atom. The lowest BCUT2D eigenvalue weighted by Gasteiger charge is -2.47. The molecule has 0 bridgehead atoms. The number of piperidine rings is 1. The molecule has 0 aliphatic carbocycles. The maximum Gasteiger partial charge on any atom is 0.223 e. The van der Waals surface area contributed by atoms with Gasteiger partial charge in [0.25, 0.3) is 0 Å². The second-order valence-electron chi connectivity index (χ2n) is 10.8. The van der Waals surface area contributed by atoms with Gasteiger partial charge in [0.2, 0.25) is 5.91 Å². The van der Waals surface area contributed by atoms with E-state index in [4.69, 9.17) is 28.2 Å². The summed E-state index contributed by atoms with van der Waals surface area (Å²) in [6.07, 6.45) is 4.80. The number of nitrogens with one attached hydrogen (secondary N) is 1. The van der Waals surface area contributed by atoms with Crippen LogP contribution in [0.25, 0.3) is 11.1 Å². The molecule has 1 amide bonds. The lowest BCUT2D eigenvalue weighted by Crippen LogP contribution is -2.59. The molecule has 0 unspecified atom stereocenters. The Labute approximate surface area is 213 Å². The van der Waals surface area contributed by atoms with Crippen LogP contribution in [0, 0.1) is 11.3 Å². The van der Waals surface area contributed by atoms with E-state index in [2.05, 4.69) is 48.0 Å². The number of halogens is 2. The van der Waals surface area contributed by atoms with Crippen LogP contribution < -0.4 is 5.32 Å². The van der Waals surface area contributed by atoms with Gasteiger partial charge in [-0.15, -0.1) is 0 Å². The van der Waals surface area contributed by atoms with E-state index in [9.17, 15) is 4.79 Å². The monoisotopic (exact) mass is 502 g/mol. The van der Waals surface area contributed by atoms with Crippen molar-refractivity contribution < 1.29 is 4.79 Å². The van der Waals surface area contributed by atoms with Gasteiger partial charge in [-0.05, 0) is 61.0 Å². The van der Waals surface area contributed by atoms with Crippen LogP contribution in [0.1, 0.15) is 45.7 Å². The number of benzene rings is 1. The zero-order chi connectivity index (χ0) is 24.3. The first-order chi connectivity index (χ1) is 16.2. The number of carbonyl (C=O) groups excluding carboxylic acids is 1. The van der Waals surface area contributed by atoms with Crippen LogP contribution in [0.15, 0.2) is 36.5 Å². The summed E-state index contributed by atoms with van der Waals surface area (Å²) < 4.78 is 0. The minimum absolute atomic E-state index is 0.0214. The zero-order valence-electron chi connectivity index (χ0n) is 20.5. The van der Waals surface area contributed by atoms with E-state index in [-0.39, 0.29) is 11.5 Å². The number of hydrogen-bond acceptors (Lipinski definition) is 4. The number of carbonyl (C=O) groups is 1. The largest absolute Gasteiger partial charge is 0.337 e. The molecular weight excluding hydrogens is 467 g/mol. The highest BCUT2D eigenvalue weighted by Gasteiger charge is 2.38. The van der Waals surface area contributed by atoms with Crippen molar-refractivity contribution in [2.45, 2.75) is 52.6 Å². The standard InChI is InChI=1S/C27H36Cl2N4O/c1-27(2,3)25-18-32(12-13-33(25)26(34)14-19-8-10-30-11-9-19)17-22-6-4-21(16-31-22)20-5-7-23(28)24(29)15-20/h4-7,15-16,19,25,30H,8-14,17-18H2,1-3H3/t25-/m1/s1. The second kappa shape index (κ2) is 10.9. The quantitative estimate of drug-likeness (QED) is 0.585. The molecule has 5 nitrogen and oxygen atoms in total. The molecule has 2 fully saturated rings. The number of amides is 1. The van der Waals surface area contributed by atoms with Crippen molar-refractivity contribution in [1.82, 2.24) is 20.1 Å². The molecule has 1 atom stereocenters. The summed E-state index contributed by atoms with van der Waals surface area (Å²) in [5, 5.41) is 4.50. The van der Waals surface area contributed by atoms with Crippen molar-refractivity contribution in [2.75, 3.05) is 32.7 Å². The lowest BCUT2D eigenvalue weighted by molar-refractivity contribution is -0.141. The minimum atomic E-state index is 0.0214. The van der Waals surface area contributed by atoms with Gasteiger partial charge in [0, 0.05) is 50.4 Å². The molecule has 2 aliphatic rings. The van der Waals surface area contributed by atoms with E-state index in [1.807, 2.05) is 24.4 Å². The van der Waals surface area contributed by atoms with Crippen LogP contribution in [-0.4, -0.2) is 59.5 Å². The molecular formula is C27H36Cl2N4O. The van der Waals surface area contributed by atoms with Crippen molar-refractivity contribution >= 4 is 29.1 Å². The predicted molar refractivity (Wildman–Crippen MR) is 140 cm³/mol. The molecule has 7 heteroatoms. The summed E-state index contributed by atoms with van der Waals surface area (Å²) in [5.41, 5.74) is 3.07. The molecule has 184 valence electrons. The molecule has 0 radical (unpaired) electrons.